The normalized spacial score (nSPS) is 10.8. The minimum Gasteiger partial charge on any atom is -0.497 e. The zero-order valence-electron chi connectivity index (χ0n) is 13.9. The zero-order valence-corrected chi connectivity index (χ0v) is 13.9. The molecule has 0 unspecified atom stereocenters. The van der Waals surface area contributed by atoms with E-state index in [4.69, 9.17) is 4.74 Å². The zero-order chi connectivity index (χ0) is 17.1. The Kier molecular flexibility index (Phi) is 4.04. The molecule has 0 bridgehead atoms. The second-order valence-electron chi connectivity index (χ2n) is 5.74. The van der Waals surface area contributed by atoms with Crippen LogP contribution in [0.15, 0.2) is 67.1 Å². The maximum Gasteiger partial charge on any atom is 0.118 e. The maximum atomic E-state index is 5.22. The molecule has 2 aromatic heterocycles. The van der Waals surface area contributed by atoms with E-state index in [1.807, 2.05) is 42.5 Å². The quantitative estimate of drug-likeness (QED) is 0.574. The molecule has 0 spiro atoms. The van der Waals surface area contributed by atoms with Crippen LogP contribution in [-0.4, -0.2) is 22.1 Å². The molecular weight excluding hydrogens is 312 g/mol. The monoisotopic (exact) mass is 330 g/mol. The molecule has 5 nitrogen and oxygen atoms in total. The Morgan fingerprint density at radius 3 is 2.76 bits per heavy atom. The van der Waals surface area contributed by atoms with E-state index < -0.39 is 0 Å². The number of aromatic amines is 1. The molecule has 2 N–H and O–H groups in total. The second kappa shape index (κ2) is 6.65. The van der Waals surface area contributed by atoms with Crippen molar-refractivity contribution in [1.29, 1.82) is 0 Å². The molecule has 4 rings (SSSR count). The molecule has 4 aromatic rings. The minimum absolute atomic E-state index is 0.712. The van der Waals surface area contributed by atoms with Gasteiger partial charge < -0.3 is 15.0 Å². The number of aromatic nitrogens is 3. The van der Waals surface area contributed by atoms with E-state index in [9.17, 15) is 0 Å². The van der Waals surface area contributed by atoms with Gasteiger partial charge in [0.1, 0.15) is 5.75 Å². The van der Waals surface area contributed by atoms with Crippen molar-refractivity contribution in [3.05, 3.63) is 72.7 Å². The number of anilines is 1. The van der Waals surface area contributed by atoms with E-state index in [-0.39, 0.29) is 0 Å². The van der Waals surface area contributed by atoms with Crippen LogP contribution in [0.1, 0.15) is 5.56 Å². The molecule has 2 heterocycles. The Labute approximate surface area is 145 Å². The van der Waals surface area contributed by atoms with Gasteiger partial charge in [-0.05, 0) is 54.1 Å². The van der Waals surface area contributed by atoms with Gasteiger partial charge in [-0.15, -0.1) is 0 Å². The number of hydrogen-bond acceptors (Lipinski definition) is 4. The summed E-state index contributed by atoms with van der Waals surface area (Å²) in [4.78, 5) is 11.9. The summed E-state index contributed by atoms with van der Waals surface area (Å²) >= 11 is 0. The minimum atomic E-state index is 0.712. The lowest BCUT2D eigenvalue weighted by atomic mass is 10.1. The average molecular weight is 330 g/mol. The molecule has 0 saturated carbocycles. The first-order chi connectivity index (χ1) is 12.3. The van der Waals surface area contributed by atoms with Crippen LogP contribution in [-0.2, 0) is 6.54 Å². The van der Waals surface area contributed by atoms with Gasteiger partial charge in [0.15, 0.2) is 0 Å². The number of H-pyrrole nitrogens is 1. The van der Waals surface area contributed by atoms with Crippen molar-refractivity contribution < 1.29 is 4.74 Å². The first-order valence-corrected chi connectivity index (χ1v) is 8.09. The predicted octanol–water partition coefficient (Wildman–Crippen LogP) is 4.25. The summed E-state index contributed by atoms with van der Waals surface area (Å²) in [7, 11) is 1.67. The van der Waals surface area contributed by atoms with Crippen LogP contribution in [0.4, 0.5) is 5.69 Å². The highest BCUT2D eigenvalue weighted by molar-refractivity contribution is 5.76. The summed E-state index contributed by atoms with van der Waals surface area (Å²) in [5, 5.41) is 3.49. The molecule has 0 amide bonds. The van der Waals surface area contributed by atoms with Gasteiger partial charge >= 0.3 is 0 Å². The number of imidazole rings is 1. The van der Waals surface area contributed by atoms with E-state index in [1.54, 1.807) is 19.6 Å². The number of rotatable bonds is 5. The van der Waals surface area contributed by atoms with Crippen molar-refractivity contribution in [3.8, 4) is 17.0 Å². The maximum absolute atomic E-state index is 5.22. The third kappa shape index (κ3) is 3.17. The Hall–Kier alpha value is -3.34. The SMILES string of the molecule is COc1ccc(-c2ncccc2NCc2ccc3nc[nH]c3c2)cc1. The Morgan fingerprint density at radius 2 is 1.92 bits per heavy atom. The lowest BCUT2D eigenvalue weighted by molar-refractivity contribution is 0.415. The number of nitrogens with zero attached hydrogens (tertiary/aromatic N) is 2. The molecular formula is C20H18N4O. The van der Waals surface area contributed by atoms with Crippen LogP contribution in [0.2, 0.25) is 0 Å². The van der Waals surface area contributed by atoms with Gasteiger partial charge in [-0.1, -0.05) is 6.07 Å². The van der Waals surface area contributed by atoms with E-state index in [2.05, 4.69) is 32.4 Å². The topological polar surface area (TPSA) is 62.8 Å². The molecule has 0 aliphatic carbocycles. The van der Waals surface area contributed by atoms with Gasteiger partial charge in [-0.2, -0.15) is 0 Å². The van der Waals surface area contributed by atoms with Gasteiger partial charge in [0.05, 0.1) is 35.9 Å². The van der Waals surface area contributed by atoms with E-state index in [0.29, 0.717) is 6.54 Å². The number of benzene rings is 2. The van der Waals surface area contributed by atoms with Gasteiger partial charge in [0, 0.05) is 18.3 Å². The molecule has 5 heteroatoms. The lowest BCUT2D eigenvalue weighted by Gasteiger charge is -2.12. The highest BCUT2D eigenvalue weighted by Crippen LogP contribution is 2.27. The standard InChI is InChI=1S/C20H18N4O/c1-25-16-7-5-15(6-8-16)20-18(3-2-10-21-20)22-12-14-4-9-17-19(11-14)24-13-23-17/h2-11,13,22H,12H2,1H3,(H,23,24). The van der Waals surface area contributed by atoms with E-state index in [1.165, 1.54) is 5.56 Å². The van der Waals surface area contributed by atoms with Crippen LogP contribution in [0.5, 0.6) is 5.75 Å². The molecule has 0 radical (unpaired) electrons. The third-order valence-electron chi connectivity index (χ3n) is 4.14. The fraction of sp³-hybridized carbons (Fsp3) is 0.100. The van der Waals surface area contributed by atoms with E-state index in [0.717, 1.165) is 33.7 Å². The Morgan fingerprint density at radius 1 is 1.04 bits per heavy atom. The second-order valence-corrected chi connectivity index (χ2v) is 5.74. The number of ether oxygens (including phenoxy) is 1. The van der Waals surface area contributed by atoms with Gasteiger partial charge in [0.2, 0.25) is 0 Å². The predicted molar refractivity (Wildman–Crippen MR) is 99.6 cm³/mol. The summed E-state index contributed by atoms with van der Waals surface area (Å²) in [5.74, 6) is 0.835. The van der Waals surface area contributed by atoms with E-state index >= 15 is 0 Å². The number of methoxy groups -OCH3 is 1. The third-order valence-corrected chi connectivity index (χ3v) is 4.14. The lowest BCUT2D eigenvalue weighted by Crippen LogP contribution is -2.02. The van der Waals surface area contributed by atoms with Crippen molar-refractivity contribution in [3.63, 3.8) is 0 Å². The molecule has 2 aromatic carbocycles. The van der Waals surface area contributed by atoms with Crippen molar-refractivity contribution >= 4 is 16.7 Å². The fourth-order valence-corrected chi connectivity index (χ4v) is 2.82. The molecule has 0 aliphatic heterocycles. The summed E-state index contributed by atoms with van der Waals surface area (Å²) in [5.41, 5.74) is 6.17. The highest BCUT2D eigenvalue weighted by atomic mass is 16.5. The van der Waals surface area contributed by atoms with Crippen molar-refractivity contribution in [2.75, 3.05) is 12.4 Å². The van der Waals surface area contributed by atoms with Crippen molar-refractivity contribution in [2.24, 2.45) is 0 Å². The molecule has 0 saturated heterocycles. The molecule has 0 aliphatic rings. The number of fused-ring (bicyclic) bond motifs is 1. The molecule has 0 fully saturated rings. The largest absolute Gasteiger partial charge is 0.497 e. The summed E-state index contributed by atoms with van der Waals surface area (Å²) in [6.45, 7) is 0.712. The Balaban J connectivity index is 1.57. The summed E-state index contributed by atoms with van der Waals surface area (Å²) < 4.78 is 5.22. The first-order valence-electron chi connectivity index (χ1n) is 8.09. The first kappa shape index (κ1) is 15.2. The van der Waals surface area contributed by atoms with Crippen LogP contribution in [0.25, 0.3) is 22.3 Å². The number of nitrogens with one attached hydrogen (secondary N) is 2. The van der Waals surface area contributed by atoms with Gasteiger partial charge in [0.25, 0.3) is 0 Å². The van der Waals surface area contributed by atoms with Crippen molar-refractivity contribution in [2.45, 2.75) is 6.54 Å². The number of pyridine rings is 1. The number of hydrogen-bond donors (Lipinski definition) is 2. The molecule has 25 heavy (non-hydrogen) atoms. The summed E-state index contributed by atoms with van der Waals surface area (Å²) in [6, 6.07) is 18.1. The van der Waals surface area contributed by atoms with Crippen LogP contribution >= 0.6 is 0 Å². The van der Waals surface area contributed by atoms with Gasteiger partial charge in [-0.3, -0.25) is 4.98 Å². The fourth-order valence-electron chi connectivity index (χ4n) is 2.82. The highest BCUT2D eigenvalue weighted by Gasteiger charge is 2.07. The molecule has 0 atom stereocenters. The molecule has 124 valence electrons. The van der Waals surface area contributed by atoms with Gasteiger partial charge in [-0.25, -0.2) is 4.98 Å². The van der Waals surface area contributed by atoms with Crippen LogP contribution < -0.4 is 10.1 Å². The van der Waals surface area contributed by atoms with Crippen molar-refractivity contribution in [1.82, 2.24) is 15.0 Å². The smallest absolute Gasteiger partial charge is 0.118 e. The summed E-state index contributed by atoms with van der Waals surface area (Å²) in [6.07, 6.45) is 3.52. The van der Waals surface area contributed by atoms with Crippen LogP contribution in [0, 0.1) is 0 Å². The average Bonchev–Trinajstić information content (AvgIpc) is 3.14. The van der Waals surface area contributed by atoms with Crippen LogP contribution in [0.3, 0.4) is 0 Å². The Bertz CT molecular complexity index is 992.